The summed E-state index contributed by atoms with van der Waals surface area (Å²) in [6.45, 7) is 0. The number of ketones is 1. The number of nitrogens with zero attached hydrogens (tertiary/aromatic N) is 1. The first-order valence-electron chi connectivity index (χ1n) is 10.8. The van der Waals surface area contributed by atoms with Crippen LogP contribution in [0.2, 0.25) is 10.0 Å². The van der Waals surface area contributed by atoms with E-state index in [0.717, 1.165) is 10.8 Å². The molecule has 1 aliphatic heterocycles. The van der Waals surface area contributed by atoms with Gasteiger partial charge in [0, 0.05) is 15.7 Å². The maximum Gasteiger partial charge on any atom is 0.300 e. The predicted octanol–water partition coefficient (Wildman–Crippen LogP) is 6.78. The molecule has 35 heavy (non-hydrogen) atoms. The minimum atomic E-state index is -0.897. The highest BCUT2D eigenvalue weighted by Gasteiger charge is 2.47. The van der Waals surface area contributed by atoms with E-state index in [2.05, 4.69) is 0 Å². The molecule has 0 saturated carbocycles. The van der Waals surface area contributed by atoms with E-state index in [-0.39, 0.29) is 16.9 Å². The Kier molecular flexibility index (Phi) is 5.97. The van der Waals surface area contributed by atoms with Crippen molar-refractivity contribution in [3.8, 4) is 5.75 Å². The van der Waals surface area contributed by atoms with Gasteiger partial charge in [0.15, 0.2) is 0 Å². The molecule has 1 atom stereocenters. The summed E-state index contributed by atoms with van der Waals surface area (Å²) in [6, 6.07) is 23.8. The maximum atomic E-state index is 13.5. The number of carbonyl (C=O) groups is 2. The summed E-state index contributed by atoms with van der Waals surface area (Å²) in [5, 5.41) is 14.1. The molecule has 1 aliphatic rings. The second kappa shape index (κ2) is 9.10. The first-order chi connectivity index (χ1) is 16.9. The molecule has 1 heterocycles. The molecule has 7 heteroatoms. The van der Waals surface area contributed by atoms with Crippen LogP contribution in [0.5, 0.6) is 5.75 Å². The number of amides is 1. The fourth-order valence-electron chi connectivity index (χ4n) is 4.49. The van der Waals surface area contributed by atoms with Gasteiger partial charge in [0.25, 0.3) is 11.7 Å². The van der Waals surface area contributed by atoms with Gasteiger partial charge in [-0.2, -0.15) is 0 Å². The summed E-state index contributed by atoms with van der Waals surface area (Å²) in [7, 11) is 1.45. The van der Waals surface area contributed by atoms with Gasteiger partial charge in [0.2, 0.25) is 0 Å². The summed E-state index contributed by atoms with van der Waals surface area (Å²) in [5.41, 5.74) is 1.34. The Bertz CT molecular complexity index is 1510. The fraction of sp³-hybridized carbons (Fsp3) is 0.0714. The van der Waals surface area contributed by atoms with Crippen molar-refractivity contribution in [1.29, 1.82) is 0 Å². The lowest BCUT2D eigenvalue weighted by atomic mass is 9.91. The van der Waals surface area contributed by atoms with E-state index in [1.165, 1.54) is 18.1 Å². The van der Waals surface area contributed by atoms with Crippen molar-refractivity contribution in [2.75, 3.05) is 12.0 Å². The Labute approximate surface area is 211 Å². The quantitative estimate of drug-likeness (QED) is 0.189. The molecule has 5 nitrogen and oxygen atoms in total. The lowest BCUT2D eigenvalue weighted by Gasteiger charge is -2.26. The molecule has 0 aromatic heterocycles. The Morgan fingerprint density at radius 3 is 2.31 bits per heavy atom. The number of hydrogen-bond donors (Lipinski definition) is 1. The average Bonchev–Trinajstić information content (AvgIpc) is 3.13. The number of fused-ring (bicyclic) bond motifs is 1. The van der Waals surface area contributed by atoms with Crippen LogP contribution in [0.25, 0.3) is 16.5 Å². The molecule has 5 rings (SSSR count). The van der Waals surface area contributed by atoms with Gasteiger partial charge in [-0.05, 0) is 58.8 Å². The number of halogens is 2. The Hall–Kier alpha value is -3.80. The minimum absolute atomic E-state index is 0.0538. The van der Waals surface area contributed by atoms with Crippen LogP contribution in [-0.4, -0.2) is 23.9 Å². The van der Waals surface area contributed by atoms with Crippen LogP contribution in [0, 0.1) is 0 Å². The molecule has 0 aliphatic carbocycles. The van der Waals surface area contributed by atoms with Crippen LogP contribution < -0.4 is 9.64 Å². The SMILES string of the molecule is COc1ccc(Cl)cc1/C(O)=C1\C(=O)C(=O)N(c2ccc(Cl)cc2)C1c1cccc2ccccc12. The largest absolute Gasteiger partial charge is 0.507 e. The molecule has 1 N–H and O–H groups in total. The zero-order valence-electron chi connectivity index (χ0n) is 18.5. The predicted molar refractivity (Wildman–Crippen MR) is 138 cm³/mol. The van der Waals surface area contributed by atoms with Crippen molar-refractivity contribution in [2.45, 2.75) is 6.04 Å². The van der Waals surface area contributed by atoms with Crippen molar-refractivity contribution in [1.82, 2.24) is 0 Å². The Balaban J connectivity index is 1.83. The van der Waals surface area contributed by atoms with E-state index in [4.69, 9.17) is 27.9 Å². The average molecular weight is 504 g/mol. The van der Waals surface area contributed by atoms with Crippen LogP contribution in [-0.2, 0) is 9.59 Å². The minimum Gasteiger partial charge on any atom is -0.507 e. The monoisotopic (exact) mass is 503 g/mol. The first-order valence-corrected chi connectivity index (χ1v) is 11.5. The highest BCUT2D eigenvalue weighted by molar-refractivity contribution is 6.52. The molecule has 0 bridgehead atoms. The zero-order chi connectivity index (χ0) is 24.7. The van der Waals surface area contributed by atoms with Gasteiger partial charge in [-0.15, -0.1) is 0 Å². The molecular weight excluding hydrogens is 485 g/mol. The summed E-state index contributed by atoms with van der Waals surface area (Å²) in [5.74, 6) is -1.61. The van der Waals surface area contributed by atoms with E-state index in [9.17, 15) is 14.7 Å². The zero-order valence-corrected chi connectivity index (χ0v) is 20.0. The van der Waals surface area contributed by atoms with E-state index in [1.807, 2.05) is 42.5 Å². The van der Waals surface area contributed by atoms with Gasteiger partial charge in [-0.3, -0.25) is 14.5 Å². The number of hydrogen-bond acceptors (Lipinski definition) is 4. The van der Waals surface area contributed by atoms with E-state index >= 15 is 0 Å². The van der Waals surface area contributed by atoms with Crippen molar-refractivity contribution in [3.63, 3.8) is 0 Å². The number of benzene rings is 4. The Morgan fingerprint density at radius 1 is 0.886 bits per heavy atom. The van der Waals surface area contributed by atoms with Gasteiger partial charge >= 0.3 is 0 Å². The van der Waals surface area contributed by atoms with Gasteiger partial charge in [-0.25, -0.2) is 0 Å². The molecule has 0 radical (unpaired) electrons. The molecule has 1 saturated heterocycles. The topological polar surface area (TPSA) is 66.8 Å². The number of anilines is 1. The van der Waals surface area contributed by atoms with E-state index in [0.29, 0.717) is 27.0 Å². The summed E-state index contributed by atoms with van der Waals surface area (Å²) in [4.78, 5) is 28.3. The number of methoxy groups -OCH3 is 1. The number of aliphatic hydroxyl groups is 1. The molecule has 4 aromatic carbocycles. The standard InChI is InChI=1S/C28H19Cl2NO4/c1-35-23-14-11-18(30)15-22(23)26(32)24-25(21-8-4-6-16-5-2-3-7-20(16)21)31(28(34)27(24)33)19-12-9-17(29)10-13-19/h2-15,25,32H,1H3/b26-24+. The van der Waals surface area contributed by atoms with Crippen molar-refractivity contribution < 1.29 is 19.4 Å². The fourth-order valence-corrected chi connectivity index (χ4v) is 4.79. The third kappa shape index (κ3) is 3.93. The maximum absolute atomic E-state index is 13.5. The highest BCUT2D eigenvalue weighted by atomic mass is 35.5. The lowest BCUT2D eigenvalue weighted by molar-refractivity contribution is -0.132. The summed E-state index contributed by atoms with van der Waals surface area (Å²) in [6.07, 6.45) is 0. The van der Waals surface area contributed by atoms with Crippen LogP contribution in [0.3, 0.4) is 0 Å². The van der Waals surface area contributed by atoms with Gasteiger partial charge in [-0.1, -0.05) is 65.7 Å². The number of rotatable bonds is 4. The molecule has 1 amide bonds. The number of aliphatic hydroxyl groups excluding tert-OH is 1. The smallest absolute Gasteiger partial charge is 0.300 e. The van der Waals surface area contributed by atoms with Crippen molar-refractivity contribution >= 4 is 57.1 Å². The van der Waals surface area contributed by atoms with Crippen LogP contribution in [0.15, 0.2) is 90.5 Å². The Morgan fingerprint density at radius 2 is 1.57 bits per heavy atom. The summed E-state index contributed by atoms with van der Waals surface area (Å²) >= 11 is 12.3. The second-order valence-electron chi connectivity index (χ2n) is 8.06. The summed E-state index contributed by atoms with van der Waals surface area (Å²) < 4.78 is 5.40. The normalized spacial score (nSPS) is 17.2. The van der Waals surface area contributed by atoms with E-state index in [1.54, 1.807) is 36.4 Å². The van der Waals surface area contributed by atoms with Crippen LogP contribution in [0.1, 0.15) is 17.2 Å². The van der Waals surface area contributed by atoms with Crippen LogP contribution in [0.4, 0.5) is 5.69 Å². The number of ether oxygens (including phenoxy) is 1. The molecule has 4 aromatic rings. The number of carbonyl (C=O) groups excluding carboxylic acids is 2. The van der Waals surface area contributed by atoms with E-state index < -0.39 is 17.7 Å². The van der Waals surface area contributed by atoms with Crippen LogP contribution >= 0.6 is 23.2 Å². The van der Waals surface area contributed by atoms with Gasteiger partial charge < -0.3 is 9.84 Å². The highest BCUT2D eigenvalue weighted by Crippen LogP contribution is 2.45. The third-order valence-electron chi connectivity index (χ3n) is 6.08. The molecule has 1 unspecified atom stereocenters. The second-order valence-corrected chi connectivity index (χ2v) is 8.93. The van der Waals surface area contributed by atoms with Crippen molar-refractivity contribution in [2.24, 2.45) is 0 Å². The molecule has 1 fully saturated rings. The first kappa shape index (κ1) is 23.0. The third-order valence-corrected chi connectivity index (χ3v) is 6.57. The lowest BCUT2D eigenvalue weighted by Crippen LogP contribution is -2.29. The van der Waals surface area contributed by atoms with Gasteiger partial charge in [0.1, 0.15) is 11.5 Å². The van der Waals surface area contributed by atoms with Gasteiger partial charge in [0.05, 0.1) is 24.3 Å². The molecular formula is C28H19Cl2NO4. The molecule has 0 spiro atoms. The number of Topliss-reactive ketones (excluding diaryl/α,β-unsaturated/α-hetero) is 1. The van der Waals surface area contributed by atoms with Crippen molar-refractivity contribution in [3.05, 3.63) is 112 Å². The molecule has 174 valence electrons.